The molecule has 4 N–H and O–H groups in total. The number of benzene rings is 3. The van der Waals surface area contributed by atoms with E-state index in [2.05, 4.69) is 10.3 Å². The van der Waals surface area contributed by atoms with Gasteiger partial charge in [0.25, 0.3) is 0 Å². The molecular weight excluding hydrogens is 394 g/mol. The SMILES string of the molecule is COc1ccc2[nH]c3c(N)ccc(NCCc4ccc(OC)c(OC)c4)c3c(=O)c2c1. The lowest BCUT2D eigenvalue weighted by molar-refractivity contribution is 0.354. The Morgan fingerprint density at radius 3 is 2.48 bits per heavy atom. The maximum Gasteiger partial charge on any atom is 0.199 e. The predicted octanol–water partition coefficient (Wildman–Crippen LogP) is 3.94. The minimum absolute atomic E-state index is 0.0939. The molecule has 0 saturated heterocycles. The maximum atomic E-state index is 13.3. The first-order valence-corrected chi connectivity index (χ1v) is 9.92. The van der Waals surface area contributed by atoms with Crippen LogP contribution in [0.4, 0.5) is 11.4 Å². The number of rotatable bonds is 7. The molecule has 0 atom stereocenters. The molecule has 7 nitrogen and oxygen atoms in total. The number of hydrogen-bond acceptors (Lipinski definition) is 6. The van der Waals surface area contributed by atoms with Crippen molar-refractivity contribution in [2.45, 2.75) is 6.42 Å². The third-order valence-corrected chi connectivity index (χ3v) is 5.37. The number of fused-ring (bicyclic) bond motifs is 2. The molecule has 0 radical (unpaired) electrons. The highest BCUT2D eigenvalue weighted by atomic mass is 16.5. The first-order valence-electron chi connectivity index (χ1n) is 9.92. The van der Waals surface area contributed by atoms with Gasteiger partial charge in [0.2, 0.25) is 0 Å². The number of ether oxygens (including phenoxy) is 3. The summed E-state index contributed by atoms with van der Waals surface area (Å²) in [5.74, 6) is 2.01. The van der Waals surface area contributed by atoms with Crippen LogP contribution in [0.5, 0.6) is 17.2 Å². The molecule has 7 heteroatoms. The summed E-state index contributed by atoms with van der Waals surface area (Å²) in [6, 6.07) is 14.9. The van der Waals surface area contributed by atoms with Crippen LogP contribution in [0.2, 0.25) is 0 Å². The van der Waals surface area contributed by atoms with E-state index in [1.165, 1.54) is 0 Å². The van der Waals surface area contributed by atoms with E-state index in [1.807, 2.05) is 36.4 Å². The van der Waals surface area contributed by atoms with E-state index in [0.29, 0.717) is 51.3 Å². The zero-order chi connectivity index (χ0) is 22.0. The van der Waals surface area contributed by atoms with Crippen LogP contribution in [0.3, 0.4) is 0 Å². The molecule has 0 bridgehead atoms. The number of pyridine rings is 1. The highest BCUT2D eigenvalue weighted by Crippen LogP contribution is 2.29. The number of aromatic amines is 1. The summed E-state index contributed by atoms with van der Waals surface area (Å²) in [5, 5.41) is 4.48. The lowest BCUT2D eigenvalue weighted by Crippen LogP contribution is -2.12. The Morgan fingerprint density at radius 1 is 0.935 bits per heavy atom. The van der Waals surface area contributed by atoms with Gasteiger partial charge in [-0.3, -0.25) is 4.79 Å². The smallest absolute Gasteiger partial charge is 0.199 e. The number of nitrogens with two attached hydrogens (primary N) is 1. The first kappa shape index (κ1) is 20.4. The highest BCUT2D eigenvalue weighted by molar-refractivity contribution is 6.04. The van der Waals surface area contributed by atoms with Gasteiger partial charge < -0.3 is 30.2 Å². The number of H-pyrrole nitrogens is 1. The number of anilines is 2. The van der Waals surface area contributed by atoms with Gasteiger partial charge in [-0.05, 0) is 54.4 Å². The van der Waals surface area contributed by atoms with Gasteiger partial charge in [0.1, 0.15) is 5.75 Å². The molecule has 3 aromatic carbocycles. The second kappa shape index (κ2) is 8.47. The molecule has 0 aliphatic rings. The van der Waals surface area contributed by atoms with Crippen LogP contribution in [0.1, 0.15) is 5.56 Å². The fourth-order valence-electron chi connectivity index (χ4n) is 3.73. The molecular formula is C24H25N3O4. The van der Waals surface area contributed by atoms with Gasteiger partial charge in [-0.1, -0.05) is 6.07 Å². The van der Waals surface area contributed by atoms with E-state index in [9.17, 15) is 4.79 Å². The van der Waals surface area contributed by atoms with Crippen molar-refractivity contribution in [3.05, 3.63) is 64.3 Å². The van der Waals surface area contributed by atoms with Crippen molar-refractivity contribution in [3.63, 3.8) is 0 Å². The molecule has 0 saturated carbocycles. The summed E-state index contributed by atoms with van der Waals surface area (Å²) in [6.45, 7) is 0.629. The number of aromatic nitrogens is 1. The van der Waals surface area contributed by atoms with Crippen LogP contribution in [0, 0.1) is 0 Å². The average Bonchev–Trinajstić information content (AvgIpc) is 2.80. The molecule has 0 amide bonds. The molecule has 1 heterocycles. The van der Waals surface area contributed by atoms with E-state index in [0.717, 1.165) is 17.7 Å². The number of nitrogens with one attached hydrogen (secondary N) is 2. The maximum absolute atomic E-state index is 13.3. The second-order valence-electron chi connectivity index (χ2n) is 7.18. The lowest BCUT2D eigenvalue weighted by atomic mass is 10.1. The average molecular weight is 419 g/mol. The monoisotopic (exact) mass is 419 g/mol. The first-order chi connectivity index (χ1) is 15.0. The Kier molecular flexibility index (Phi) is 5.58. The van der Waals surface area contributed by atoms with Crippen LogP contribution in [0.25, 0.3) is 21.8 Å². The van der Waals surface area contributed by atoms with E-state index < -0.39 is 0 Å². The van der Waals surface area contributed by atoms with E-state index >= 15 is 0 Å². The van der Waals surface area contributed by atoms with Crippen molar-refractivity contribution in [1.29, 1.82) is 0 Å². The molecule has 0 aliphatic heterocycles. The van der Waals surface area contributed by atoms with Crippen molar-refractivity contribution in [3.8, 4) is 17.2 Å². The molecule has 4 rings (SSSR count). The van der Waals surface area contributed by atoms with Crippen LogP contribution < -0.4 is 30.7 Å². The van der Waals surface area contributed by atoms with Crippen molar-refractivity contribution in [1.82, 2.24) is 4.98 Å². The van der Waals surface area contributed by atoms with Gasteiger partial charge in [-0.25, -0.2) is 0 Å². The van der Waals surface area contributed by atoms with Crippen molar-refractivity contribution < 1.29 is 14.2 Å². The van der Waals surface area contributed by atoms with Crippen LogP contribution in [0.15, 0.2) is 53.3 Å². The molecule has 4 aromatic rings. The Balaban J connectivity index is 1.67. The summed E-state index contributed by atoms with van der Waals surface area (Å²) in [7, 11) is 4.81. The summed E-state index contributed by atoms with van der Waals surface area (Å²) in [6.07, 6.45) is 0.742. The molecule has 1 aromatic heterocycles. The van der Waals surface area contributed by atoms with Crippen molar-refractivity contribution >= 4 is 33.2 Å². The summed E-state index contributed by atoms with van der Waals surface area (Å²) in [5.41, 5.74) is 9.76. The highest BCUT2D eigenvalue weighted by Gasteiger charge is 2.13. The van der Waals surface area contributed by atoms with Gasteiger partial charge >= 0.3 is 0 Å². The predicted molar refractivity (Wildman–Crippen MR) is 125 cm³/mol. The van der Waals surface area contributed by atoms with Crippen LogP contribution in [-0.4, -0.2) is 32.9 Å². The molecule has 0 fully saturated rings. The Hall–Kier alpha value is -3.87. The Bertz CT molecular complexity index is 1310. The largest absolute Gasteiger partial charge is 0.497 e. The summed E-state index contributed by atoms with van der Waals surface area (Å²) >= 11 is 0. The minimum Gasteiger partial charge on any atom is -0.497 e. The summed E-state index contributed by atoms with van der Waals surface area (Å²) < 4.78 is 15.9. The zero-order valence-corrected chi connectivity index (χ0v) is 17.7. The van der Waals surface area contributed by atoms with Crippen LogP contribution >= 0.6 is 0 Å². The molecule has 31 heavy (non-hydrogen) atoms. The number of nitrogen functional groups attached to an aromatic ring is 1. The summed E-state index contributed by atoms with van der Waals surface area (Å²) in [4.78, 5) is 16.6. The van der Waals surface area contributed by atoms with Gasteiger partial charge in [0.15, 0.2) is 16.9 Å². The molecule has 160 valence electrons. The Morgan fingerprint density at radius 2 is 1.74 bits per heavy atom. The number of hydrogen-bond donors (Lipinski definition) is 3. The Labute approximate surface area is 179 Å². The normalized spacial score (nSPS) is 10.9. The lowest BCUT2D eigenvalue weighted by Gasteiger charge is -2.13. The molecule has 0 aliphatic carbocycles. The zero-order valence-electron chi connectivity index (χ0n) is 17.7. The van der Waals surface area contributed by atoms with Crippen molar-refractivity contribution in [2.24, 2.45) is 0 Å². The van der Waals surface area contributed by atoms with E-state index in [4.69, 9.17) is 19.9 Å². The van der Waals surface area contributed by atoms with E-state index in [1.54, 1.807) is 33.5 Å². The second-order valence-corrected chi connectivity index (χ2v) is 7.18. The topological polar surface area (TPSA) is 98.6 Å². The van der Waals surface area contributed by atoms with Gasteiger partial charge in [0, 0.05) is 17.6 Å². The van der Waals surface area contributed by atoms with E-state index in [-0.39, 0.29) is 5.43 Å². The fourth-order valence-corrected chi connectivity index (χ4v) is 3.73. The number of methoxy groups -OCH3 is 3. The quantitative estimate of drug-likeness (QED) is 0.310. The third-order valence-electron chi connectivity index (χ3n) is 5.37. The standard InChI is InChI=1S/C24H25N3O4/c1-29-15-5-7-18-16(13-15)24(28)22-19(8-6-17(25)23(22)27-18)26-11-10-14-4-9-20(30-2)21(12-14)31-3/h4-9,12-13,26H,10-11,25H2,1-3H3,(H,27,28). The molecule has 0 spiro atoms. The third kappa shape index (κ3) is 3.82. The minimum atomic E-state index is -0.0939. The molecule has 0 unspecified atom stereocenters. The van der Waals surface area contributed by atoms with Crippen LogP contribution in [-0.2, 0) is 6.42 Å². The van der Waals surface area contributed by atoms with Gasteiger partial charge in [0.05, 0.1) is 43.4 Å². The van der Waals surface area contributed by atoms with Gasteiger partial charge in [-0.15, -0.1) is 0 Å². The van der Waals surface area contributed by atoms with Crippen molar-refractivity contribution in [2.75, 3.05) is 38.9 Å². The fraction of sp³-hybridized carbons (Fsp3) is 0.208. The van der Waals surface area contributed by atoms with Gasteiger partial charge in [-0.2, -0.15) is 0 Å².